The monoisotopic (exact) mass is 309 g/mol. The second-order valence-corrected chi connectivity index (χ2v) is 8.10. The summed E-state index contributed by atoms with van der Waals surface area (Å²) in [5, 5.41) is 8.59. The number of fused-ring (bicyclic) bond motifs is 2. The molecule has 1 aromatic carbocycles. The van der Waals surface area contributed by atoms with Gasteiger partial charge in [0.15, 0.2) is 0 Å². The number of nitrogens with one attached hydrogen (secondary N) is 1. The first kappa shape index (κ1) is 14.7. The number of sulfonamides is 1. The van der Waals surface area contributed by atoms with Gasteiger partial charge in [0.25, 0.3) is 0 Å². The van der Waals surface area contributed by atoms with Crippen LogP contribution in [0.25, 0.3) is 0 Å². The third kappa shape index (κ3) is 2.87. The molecule has 21 heavy (non-hydrogen) atoms. The number of benzene rings is 1. The molecule has 0 spiro atoms. The van der Waals surface area contributed by atoms with E-state index in [1.54, 1.807) is 12.1 Å². The Morgan fingerprint density at radius 1 is 1.29 bits per heavy atom. The third-order valence-electron chi connectivity index (χ3n) is 5.15. The van der Waals surface area contributed by atoms with Crippen LogP contribution >= 0.6 is 0 Å². The molecule has 0 saturated heterocycles. The minimum atomic E-state index is -3.75. The van der Waals surface area contributed by atoms with Crippen molar-refractivity contribution in [3.8, 4) is 0 Å². The predicted molar refractivity (Wildman–Crippen MR) is 84.3 cm³/mol. The molecule has 0 amide bonds. The van der Waals surface area contributed by atoms with Crippen molar-refractivity contribution in [3.63, 3.8) is 0 Å². The van der Waals surface area contributed by atoms with Crippen LogP contribution in [0.15, 0.2) is 23.1 Å². The Morgan fingerprint density at radius 2 is 2.05 bits per heavy atom. The minimum Gasteiger partial charge on any atom is -0.398 e. The number of anilines is 2. The summed E-state index contributed by atoms with van der Waals surface area (Å²) in [5.74, 6) is 2.47. The summed E-state index contributed by atoms with van der Waals surface area (Å²) in [5.41, 5.74) is 6.85. The summed E-state index contributed by atoms with van der Waals surface area (Å²) < 4.78 is 22.7. The molecule has 0 aliphatic heterocycles. The van der Waals surface area contributed by atoms with Crippen molar-refractivity contribution < 1.29 is 8.42 Å². The van der Waals surface area contributed by atoms with E-state index in [1.165, 1.54) is 31.7 Å². The topological polar surface area (TPSA) is 98.2 Å². The molecule has 0 aromatic heterocycles. The molecule has 2 aliphatic rings. The number of nitrogens with two attached hydrogens (primary N) is 2. The van der Waals surface area contributed by atoms with Crippen LogP contribution in [0.5, 0.6) is 0 Å². The van der Waals surface area contributed by atoms with Crippen LogP contribution in [0.3, 0.4) is 0 Å². The average Bonchev–Trinajstić information content (AvgIpc) is 2.99. The maximum atomic E-state index is 11.4. The van der Waals surface area contributed by atoms with Gasteiger partial charge in [0.2, 0.25) is 10.0 Å². The first-order valence-corrected chi connectivity index (χ1v) is 9.08. The first-order valence-electron chi connectivity index (χ1n) is 7.53. The number of primary sulfonamides is 1. The maximum Gasteiger partial charge on any atom is 0.240 e. The highest BCUT2D eigenvalue weighted by molar-refractivity contribution is 7.89. The van der Waals surface area contributed by atoms with Gasteiger partial charge in [-0.3, -0.25) is 0 Å². The molecule has 4 unspecified atom stereocenters. The van der Waals surface area contributed by atoms with E-state index >= 15 is 0 Å². The normalized spacial score (nSPS) is 29.5. The van der Waals surface area contributed by atoms with Gasteiger partial charge in [0, 0.05) is 11.7 Å². The Labute approximate surface area is 126 Å². The van der Waals surface area contributed by atoms with Crippen molar-refractivity contribution in [3.05, 3.63) is 18.2 Å². The van der Waals surface area contributed by atoms with Gasteiger partial charge >= 0.3 is 0 Å². The zero-order valence-corrected chi connectivity index (χ0v) is 13.1. The highest BCUT2D eigenvalue weighted by Gasteiger charge is 2.41. The van der Waals surface area contributed by atoms with Gasteiger partial charge in [0.1, 0.15) is 4.90 Å². The zero-order valence-electron chi connectivity index (χ0n) is 12.2. The molecule has 1 aromatic rings. The molecule has 2 bridgehead atoms. The smallest absolute Gasteiger partial charge is 0.240 e. The van der Waals surface area contributed by atoms with Crippen molar-refractivity contribution in [1.82, 2.24) is 0 Å². The van der Waals surface area contributed by atoms with Gasteiger partial charge in [-0.1, -0.05) is 6.42 Å². The van der Waals surface area contributed by atoms with Gasteiger partial charge in [-0.2, -0.15) is 0 Å². The Kier molecular flexibility index (Phi) is 3.61. The van der Waals surface area contributed by atoms with Crippen molar-refractivity contribution >= 4 is 21.4 Å². The summed E-state index contributed by atoms with van der Waals surface area (Å²) in [6.45, 7) is 2.20. The highest BCUT2D eigenvalue weighted by Crippen LogP contribution is 2.49. The fourth-order valence-corrected chi connectivity index (χ4v) is 4.82. The standard InChI is InChI=1S/C15H23N3O2S/c1-9(13-7-10-2-3-11(13)6-10)18-12-4-5-15(14(16)8-12)21(17,19)20/h4-5,8-11,13,18H,2-3,6-7,16H2,1H3,(H2,17,19,20). The van der Waals surface area contributed by atoms with Crippen LogP contribution in [0.2, 0.25) is 0 Å². The Bertz CT molecular complexity index is 644. The molecule has 4 atom stereocenters. The number of nitrogen functional groups attached to an aromatic ring is 1. The minimum absolute atomic E-state index is 0.0133. The lowest BCUT2D eigenvalue weighted by atomic mass is 9.84. The van der Waals surface area contributed by atoms with Gasteiger partial charge in [0.05, 0.1) is 5.69 Å². The van der Waals surface area contributed by atoms with Gasteiger partial charge < -0.3 is 11.1 Å². The molecule has 5 N–H and O–H groups in total. The summed E-state index contributed by atoms with van der Waals surface area (Å²) in [7, 11) is -3.75. The fourth-order valence-electron chi connectivity index (χ4n) is 4.17. The van der Waals surface area contributed by atoms with Crippen LogP contribution < -0.4 is 16.2 Å². The van der Waals surface area contributed by atoms with E-state index in [4.69, 9.17) is 10.9 Å². The molecule has 116 valence electrons. The quantitative estimate of drug-likeness (QED) is 0.742. The van der Waals surface area contributed by atoms with Crippen molar-refractivity contribution in [2.45, 2.75) is 43.5 Å². The molecule has 2 aliphatic carbocycles. The molecule has 0 radical (unpaired) electrons. The second-order valence-electron chi connectivity index (χ2n) is 6.57. The first-order chi connectivity index (χ1) is 9.84. The van der Waals surface area contributed by atoms with Crippen LogP contribution in [-0.2, 0) is 10.0 Å². The Balaban J connectivity index is 1.72. The van der Waals surface area contributed by atoms with Crippen molar-refractivity contribution in [1.29, 1.82) is 0 Å². The van der Waals surface area contributed by atoms with Crippen LogP contribution in [0.1, 0.15) is 32.6 Å². The number of hydrogen-bond acceptors (Lipinski definition) is 4. The zero-order chi connectivity index (χ0) is 15.2. The van der Waals surface area contributed by atoms with Crippen molar-refractivity contribution in [2.24, 2.45) is 22.9 Å². The van der Waals surface area contributed by atoms with E-state index in [0.717, 1.165) is 17.5 Å². The lowest BCUT2D eigenvalue weighted by molar-refractivity contribution is 0.304. The molecule has 2 fully saturated rings. The summed E-state index contributed by atoms with van der Waals surface area (Å²) in [4.78, 5) is -0.0133. The van der Waals surface area contributed by atoms with E-state index in [1.807, 2.05) is 0 Å². The van der Waals surface area contributed by atoms with Gasteiger partial charge in [-0.05, 0) is 62.1 Å². The van der Waals surface area contributed by atoms with E-state index < -0.39 is 10.0 Å². The van der Waals surface area contributed by atoms with E-state index in [2.05, 4.69) is 12.2 Å². The number of rotatable bonds is 4. The third-order valence-corrected chi connectivity index (χ3v) is 6.13. The number of hydrogen-bond donors (Lipinski definition) is 3. The Morgan fingerprint density at radius 3 is 2.57 bits per heavy atom. The van der Waals surface area contributed by atoms with E-state index in [-0.39, 0.29) is 10.6 Å². The van der Waals surface area contributed by atoms with Gasteiger partial charge in [-0.15, -0.1) is 0 Å². The van der Waals surface area contributed by atoms with Crippen LogP contribution in [0.4, 0.5) is 11.4 Å². The van der Waals surface area contributed by atoms with Crippen LogP contribution in [-0.4, -0.2) is 14.5 Å². The largest absolute Gasteiger partial charge is 0.398 e. The molecule has 2 saturated carbocycles. The average molecular weight is 309 g/mol. The summed E-state index contributed by atoms with van der Waals surface area (Å²) in [6.07, 6.45) is 5.44. The molecule has 6 heteroatoms. The van der Waals surface area contributed by atoms with Crippen LogP contribution in [0, 0.1) is 17.8 Å². The Hall–Kier alpha value is -1.27. The SMILES string of the molecule is CC(Nc1ccc(S(N)(=O)=O)c(N)c1)C1CC2CCC1C2. The lowest BCUT2D eigenvalue weighted by Gasteiger charge is -2.29. The molecule has 3 rings (SSSR count). The predicted octanol–water partition coefficient (Wildman–Crippen LogP) is 2.15. The van der Waals surface area contributed by atoms with E-state index in [0.29, 0.717) is 12.0 Å². The second kappa shape index (κ2) is 5.18. The van der Waals surface area contributed by atoms with Crippen molar-refractivity contribution in [2.75, 3.05) is 11.1 Å². The molecule has 0 heterocycles. The summed E-state index contributed by atoms with van der Waals surface area (Å²) >= 11 is 0. The lowest BCUT2D eigenvalue weighted by Crippen LogP contribution is -2.30. The van der Waals surface area contributed by atoms with E-state index in [9.17, 15) is 8.42 Å². The fraction of sp³-hybridized carbons (Fsp3) is 0.600. The van der Waals surface area contributed by atoms with Gasteiger partial charge in [-0.25, -0.2) is 13.6 Å². The summed E-state index contributed by atoms with van der Waals surface area (Å²) in [6, 6.07) is 5.24. The maximum absolute atomic E-state index is 11.4. The highest BCUT2D eigenvalue weighted by atomic mass is 32.2. The molecular formula is C15H23N3O2S. The molecule has 5 nitrogen and oxygen atoms in total. The molecular weight excluding hydrogens is 286 g/mol.